The van der Waals surface area contributed by atoms with E-state index in [1.165, 1.54) is 43.6 Å². The Bertz CT molecular complexity index is 1200. The van der Waals surface area contributed by atoms with Crippen molar-refractivity contribution >= 4 is 54.2 Å². The van der Waals surface area contributed by atoms with Crippen LogP contribution in [0.25, 0.3) is 11.3 Å². The number of benzene rings is 1. The molecule has 29 heavy (non-hydrogen) atoms. The molecule has 0 fully saturated rings. The van der Waals surface area contributed by atoms with Gasteiger partial charge < -0.3 is 10.7 Å². The van der Waals surface area contributed by atoms with Gasteiger partial charge in [-0.3, -0.25) is 14.9 Å². The number of anilines is 1. The molecule has 0 saturated carbocycles. The van der Waals surface area contributed by atoms with Crippen LogP contribution in [0.2, 0.25) is 0 Å². The lowest BCUT2D eigenvalue weighted by Crippen LogP contribution is -2.23. The first-order valence-electron chi connectivity index (χ1n) is 8.07. The Morgan fingerprint density at radius 2 is 2.00 bits per heavy atom. The van der Waals surface area contributed by atoms with Gasteiger partial charge in [0, 0.05) is 41.3 Å². The smallest absolute Gasteiger partial charge is 0.265 e. The first-order valence-corrected chi connectivity index (χ1v) is 11.2. The van der Waals surface area contributed by atoms with Gasteiger partial charge in [0.2, 0.25) is 10.0 Å². The lowest BCUT2D eigenvalue weighted by molar-refractivity contribution is 0.0994. The molecule has 1 aromatic carbocycles. The van der Waals surface area contributed by atoms with Crippen molar-refractivity contribution in [1.82, 2.24) is 14.3 Å². The van der Waals surface area contributed by atoms with Crippen LogP contribution in [0.3, 0.4) is 0 Å². The number of rotatable bonds is 6. The van der Waals surface area contributed by atoms with Crippen LogP contribution in [0.1, 0.15) is 20.8 Å². The van der Waals surface area contributed by atoms with Crippen LogP contribution in [0.5, 0.6) is 0 Å². The SMILES string of the molecule is CN(C)S(=O)(=O)c1cc(C(=O)Nc2nc(-c3c[nH]c(C(N)=O)c3)cs2)ccc1Br. The quantitative estimate of drug-likeness (QED) is 0.480. The molecule has 0 saturated heterocycles. The van der Waals surface area contributed by atoms with Gasteiger partial charge in [-0.2, -0.15) is 0 Å². The number of carbonyl (C=O) groups excluding carboxylic acids is 2. The van der Waals surface area contributed by atoms with E-state index >= 15 is 0 Å². The number of aromatic nitrogens is 2. The van der Waals surface area contributed by atoms with Crippen LogP contribution in [-0.4, -0.2) is 48.6 Å². The Kier molecular flexibility index (Phi) is 5.89. The molecule has 0 aliphatic carbocycles. The fourth-order valence-electron chi connectivity index (χ4n) is 2.36. The zero-order valence-electron chi connectivity index (χ0n) is 15.3. The Morgan fingerprint density at radius 3 is 2.62 bits per heavy atom. The van der Waals surface area contributed by atoms with Gasteiger partial charge in [0.1, 0.15) is 5.69 Å². The summed E-state index contributed by atoms with van der Waals surface area (Å²) >= 11 is 4.40. The third-order valence-electron chi connectivity index (χ3n) is 3.92. The summed E-state index contributed by atoms with van der Waals surface area (Å²) in [5.74, 6) is -1.08. The summed E-state index contributed by atoms with van der Waals surface area (Å²) in [6, 6.07) is 5.88. The highest BCUT2D eigenvalue weighted by molar-refractivity contribution is 9.10. The van der Waals surface area contributed by atoms with E-state index < -0.39 is 21.8 Å². The molecule has 4 N–H and O–H groups in total. The van der Waals surface area contributed by atoms with Crippen molar-refractivity contribution in [2.24, 2.45) is 5.73 Å². The van der Waals surface area contributed by atoms with Gasteiger partial charge >= 0.3 is 0 Å². The molecule has 12 heteroatoms. The number of primary amides is 1. The van der Waals surface area contributed by atoms with E-state index in [0.717, 1.165) is 4.31 Å². The zero-order chi connectivity index (χ0) is 21.3. The second kappa shape index (κ2) is 8.06. The number of aromatic amines is 1. The molecule has 0 atom stereocenters. The average molecular weight is 498 g/mol. The Balaban J connectivity index is 1.82. The molecule has 3 aromatic rings. The summed E-state index contributed by atoms with van der Waals surface area (Å²) in [5.41, 5.74) is 6.85. The summed E-state index contributed by atoms with van der Waals surface area (Å²) in [6.07, 6.45) is 1.59. The number of H-pyrrole nitrogens is 1. The van der Waals surface area contributed by atoms with Gasteiger partial charge in [-0.05, 0) is 40.2 Å². The monoisotopic (exact) mass is 497 g/mol. The molecule has 2 heterocycles. The van der Waals surface area contributed by atoms with Gasteiger partial charge in [-0.1, -0.05) is 0 Å². The zero-order valence-corrected chi connectivity index (χ0v) is 18.5. The van der Waals surface area contributed by atoms with E-state index in [1.807, 2.05) is 0 Å². The molecule has 0 aliphatic heterocycles. The summed E-state index contributed by atoms with van der Waals surface area (Å²) in [6.45, 7) is 0. The first kappa shape index (κ1) is 21.2. The Labute approximate surface area is 179 Å². The largest absolute Gasteiger partial charge is 0.364 e. The molecule has 0 radical (unpaired) electrons. The summed E-state index contributed by atoms with van der Waals surface area (Å²) in [5, 5.41) is 4.69. The number of amides is 2. The van der Waals surface area contributed by atoms with Crippen molar-refractivity contribution < 1.29 is 18.0 Å². The molecule has 0 unspecified atom stereocenters. The van der Waals surface area contributed by atoms with Crippen molar-refractivity contribution in [2.45, 2.75) is 4.90 Å². The predicted octanol–water partition coefficient (Wildman–Crippen LogP) is 2.50. The minimum atomic E-state index is -3.72. The summed E-state index contributed by atoms with van der Waals surface area (Å²) in [7, 11) is -0.895. The maximum absolute atomic E-state index is 12.6. The number of thiazole rings is 1. The van der Waals surface area contributed by atoms with Crippen molar-refractivity contribution in [3.05, 3.63) is 51.6 Å². The highest BCUT2D eigenvalue weighted by Crippen LogP contribution is 2.28. The van der Waals surface area contributed by atoms with Crippen molar-refractivity contribution in [3.63, 3.8) is 0 Å². The molecule has 2 amide bonds. The molecular formula is C17H16BrN5O4S2. The highest BCUT2D eigenvalue weighted by Gasteiger charge is 2.22. The second-order valence-electron chi connectivity index (χ2n) is 6.09. The maximum Gasteiger partial charge on any atom is 0.265 e. The van der Waals surface area contributed by atoms with Gasteiger partial charge in [0.25, 0.3) is 11.8 Å². The minimum Gasteiger partial charge on any atom is -0.364 e. The lowest BCUT2D eigenvalue weighted by Gasteiger charge is -2.13. The number of nitrogens with zero attached hydrogens (tertiary/aromatic N) is 2. The van der Waals surface area contributed by atoms with E-state index in [-0.39, 0.29) is 16.2 Å². The van der Waals surface area contributed by atoms with Crippen molar-refractivity contribution in [3.8, 4) is 11.3 Å². The second-order valence-corrected chi connectivity index (χ2v) is 9.92. The predicted molar refractivity (Wildman–Crippen MR) is 113 cm³/mol. The Morgan fingerprint density at radius 1 is 1.28 bits per heavy atom. The lowest BCUT2D eigenvalue weighted by atomic mass is 10.2. The number of nitrogens with two attached hydrogens (primary N) is 1. The van der Waals surface area contributed by atoms with Crippen LogP contribution >= 0.6 is 27.3 Å². The normalized spacial score (nSPS) is 11.6. The average Bonchev–Trinajstić information content (AvgIpc) is 3.31. The number of nitrogens with one attached hydrogen (secondary N) is 2. The third-order valence-corrected chi connectivity index (χ3v) is 7.49. The molecule has 152 valence electrons. The first-order chi connectivity index (χ1) is 13.6. The topological polar surface area (TPSA) is 138 Å². The third kappa shape index (κ3) is 4.40. The molecule has 0 spiro atoms. The molecule has 9 nitrogen and oxygen atoms in total. The van der Waals surface area contributed by atoms with Crippen LogP contribution < -0.4 is 11.1 Å². The van der Waals surface area contributed by atoms with Crippen molar-refractivity contribution in [1.29, 1.82) is 0 Å². The molecule has 3 rings (SSSR count). The van der Waals surface area contributed by atoms with Gasteiger partial charge in [-0.15, -0.1) is 11.3 Å². The van der Waals surface area contributed by atoms with Crippen LogP contribution in [0.4, 0.5) is 5.13 Å². The van der Waals surface area contributed by atoms with Crippen LogP contribution in [0.15, 0.2) is 45.2 Å². The molecular weight excluding hydrogens is 482 g/mol. The summed E-state index contributed by atoms with van der Waals surface area (Å²) < 4.78 is 26.3. The molecule has 2 aromatic heterocycles. The highest BCUT2D eigenvalue weighted by atomic mass is 79.9. The number of halogens is 1. The minimum absolute atomic E-state index is 0.0127. The number of hydrogen-bond acceptors (Lipinski definition) is 6. The number of hydrogen-bond donors (Lipinski definition) is 3. The molecule has 0 bridgehead atoms. The van der Waals surface area contributed by atoms with Crippen LogP contribution in [-0.2, 0) is 10.0 Å². The Hall–Kier alpha value is -2.54. The van der Waals surface area contributed by atoms with Gasteiger partial charge in [-0.25, -0.2) is 17.7 Å². The van der Waals surface area contributed by atoms with E-state index in [0.29, 0.717) is 20.9 Å². The van der Waals surface area contributed by atoms with Gasteiger partial charge in [0.05, 0.1) is 10.6 Å². The fourth-order valence-corrected chi connectivity index (χ4v) is 4.92. The van der Waals surface area contributed by atoms with Gasteiger partial charge in [0.15, 0.2) is 5.13 Å². The maximum atomic E-state index is 12.6. The van der Waals surface area contributed by atoms with E-state index in [4.69, 9.17) is 5.73 Å². The molecule has 0 aliphatic rings. The van der Waals surface area contributed by atoms with E-state index in [2.05, 4.69) is 31.2 Å². The van der Waals surface area contributed by atoms with E-state index in [9.17, 15) is 18.0 Å². The van der Waals surface area contributed by atoms with Crippen molar-refractivity contribution in [2.75, 3.05) is 19.4 Å². The van der Waals surface area contributed by atoms with Crippen LogP contribution in [0, 0.1) is 0 Å². The summed E-state index contributed by atoms with van der Waals surface area (Å²) in [4.78, 5) is 30.8. The standard InChI is InChI=1S/C17H16BrN5O4S2/c1-23(2)29(26,27)14-6-9(3-4-11(14)18)16(25)22-17-21-13(8-28-17)10-5-12(15(19)24)20-7-10/h3-8,20H,1-2H3,(H2,19,24)(H,21,22,25). The fraction of sp³-hybridized carbons (Fsp3) is 0.118. The van der Waals surface area contributed by atoms with E-state index in [1.54, 1.807) is 17.6 Å². The number of sulfonamides is 1. The number of carbonyl (C=O) groups is 2.